The van der Waals surface area contributed by atoms with Crippen LogP contribution in [0.3, 0.4) is 0 Å². The molecule has 0 unspecified atom stereocenters. The number of benzene rings is 1. The first-order valence-corrected chi connectivity index (χ1v) is 6.20. The van der Waals surface area contributed by atoms with Crippen molar-refractivity contribution in [3.63, 3.8) is 0 Å². The number of carbonyl (C=O) groups excluding carboxylic acids is 1. The molecule has 6 heteroatoms. The van der Waals surface area contributed by atoms with Gasteiger partial charge in [0.25, 0.3) is 5.91 Å². The minimum atomic E-state index is -1.67. The molecule has 2 rings (SSSR count). The van der Waals surface area contributed by atoms with Crippen LogP contribution >= 0.6 is 0 Å². The van der Waals surface area contributed by atoms with E-state index in [0.717, 1.165) is 6.07 Å². The van der Waals surface area contributed by atoms with Crippen LogP contribution in [0.15, 0.2) is 36.5 Å². The molecule has 1 N–H and O–H groups in total. The highest BCUT2D eigenvalue weighted by Crippen LogP contribution is 2.20. The zero-order valence-electron chi connectivity index (χ0n) is 11.5. The molecule has 110 valence electrons. The van der Waals surface area contributed by atoms with Gasteiger partial charge in [0.2, 0.25) is 0 Å². The van der Waals surface area contributed by atoms with E-state index < -0.39 is 34.5 Å². The second kappa shape index (κ2) is 5.55. The standard InChI is InChI=1S/C15H13F3N2O/c1-15(2,11-5-3-4-8-19-11)20-14(21)9-6-7-10(16)13(18)12(9)17/h3-8H,1-2H3,(H,20,21). The Hall–Kier alpha value is -2.37. The Morgan fingerprint density at radius 2 is 1.81 bits per heavy atom. The average molecular weight is 294 g/mol. The van der Waals surface area contributed by atoms with Gasteiger partial charge in [-0.1, -0.05) is 6.07 Å². The van der Waals surface area contributed by atoms with Crippen molar-refractivity contribution in [3.8, 4) is 0 Å². The molecule has 2 aromatic rings. The number of amides is 1. The van der Waals surface area contributed by atoms with Crippen LogP contribution in [0, 0.1) is 17.5 Å². The summed E-state index contributed by atoms with van der Waals surface area (Å²) in [4.78, 5) is 16.2. The molecule has 1 aromatic heterocycles. The van der Waals surface area contributed by atoms with Crippen LogP contribution in [0.25, 0.3) is 0 Å². The van der Waals surface area contributed by atoms with Crippen LogP contribution in [0.4, 0.5) is 13.2 Å². The Bertz CT molecular complexity index is 672. The van der Waals surface area contributed by atoms with Gasteiger partial charge in [-0.15, -0.1) is 0 Å². The first-order valence-electron chi connectivity index (χ1n) is 6.20. The molecule has 21 heavy (non-hydrogen) atoms. The van der Waals surface area contributed by atoms with Crippen molar-refractivity contribution in [3.05, 3.63) is 65.2 Å². The molecule has 1 amide bonds. The number of hydrogen-bond donors (Lipinski definition) is 1. The number of halogens is 3. The third kappa shape index (κ3) is 3.04. The Labute approximate surface area is 119 Å². The molecule has 0 atom stereocenters. The van der Waals surface area contributed by atoms with Gasteiger partial charge in [-0.05, 0) is 38.1 Å². The van der Waals surface area contributed by atoms with Crippen molar-refractivity contribution >= 4 is 5.91 Å². The van der Waals surface area contributed by atoms with Gasteiger partial charge in [0.05, 0.1) is 16.8 Å². The predicted molar refractivity (Wildman–Crippen MR) is 71.0 cm³/mol. The number of carbonyl (C=O) groups is 1. The molecule has 0 radical (unpaired) electrons. The lowest BCUT2D eigenvalue weighted by Crippen LogP contribution is -2.42. The van der Waals surface area contributed by atoms with Crippen LogP contribution < -0.4 is 5.32 Å². The highest BCUT2D eigenvalue weighted by atomic mass is 19.2. The minimum Gasteiger partial charge on any atom is -0.341 e. The maximum Gasteiger partial charge on any atom is 0.255 e. The minimum absolute atomic E-state index is 0.557. The summed E-state index contributed by atoms with van der Waals surface area (Å²) in [6.07, 6.45) is 1.56. The third-order valence-corrected chi connectivity index (χ3v) is 3.01. The molecule has 0 spiro atoms. The molecule has 0 aliphatic carbocycles. The van der Waals surface area contributed by atoms with Crippen molar-refractivity contribution in [2.45, 2.75) is 19.4 Å². The second-order valence-electron chi connectivity index (χ2n) is 5.02. The van der Waals surface area contributed by atoms with E-state index in [4.69, 9.17) is 0 Å². The first kappa shape index (κ1) is 15.0. The Morgan fingerprint density at radius 1 is 1.10 bits per heavy atom. The lowest BCUT2D eigenvalue weighted by Gasteiger charge is -2.25. The van der Waals surface area contributed by atoms with Crippen LogP contribution in [0.2, 0.25) is 0 Å². The molecular weight excluding hydrogens is 281 g/mol. The zero-order valence-corrected chi connectivity index (χ0v) is 11.5. The fraction of sp³-hybridized carbons (Fsp3) is 0.200. The zero-order chi connectivity index (χ0) is 15.6. The SMILES string of the molecule is CC(C)(NC(=O)c1ccc(F)c(F)c1F)c1ccccn1. The van der Waals surface area contributed by atoms with Gasteiger partial charge in [-0.2, -0.15) is 0 Å². The molecule has 3 nitrogen and oxygen atoms in total. The van der Waals surface area contributed by atoms with Gasteiger partial charge >= 0.3 is 0 Å². The third-order valence-electron chi connectivity index (χ3n) is 3.01. The van der Waals surface area contributed by atoms with E-state index in [1.54, 1.807) is 38.2 Å². The van der Waals surface area contributed by atoms with E-state index in [2.05, 4.69) is 10.3 Å². The lowest BCUT2D eigenvalue weighted by atomic mass is 9.99. The Balaban J connectivity index is 2.28. The van der Waals surface area contributed by atoms with Crippen molar-refractivity contribution in [2.75, 3.05) is 0 Å². The smallest absolute Gasteiger partial charge is 0.255 e. The average Bonchev–Trinajstić information content (AvgIpc) is 2.45. The number of rotatable bonds is 3. The molecule has 1 heterocycles. The van der Waals surface area contributed by atoms with Gasteiger partial charge in [0.1, 0.15) is 0 Å². The molecule has 0 bridgehead atoms. The quantitative estimate of drug-likeness (QED) is 0.884. The number of pyridine rings is 1. The van der Waals surface area contributed by atoms with Crippen molar-refractivity contribution < 1.29 is 18.0 Å². The monoisotopic (exact) mass is 294 g/mol. The van der Waals surface area contributed by atoms with Crippen molar-refractivity contribution in [2.24, 2.45) is 0 Å². The topological polar surface area (TPSA) is 42.0 Å². The molecule has 1 aromatic carbocycles. The van der Waals surface area contributed by atoms with Crippen molar-refractivity contribution in [1.82, 2.24) is 10.3 Å². The number of nitrogens with one attached hydrogen (secondary N) is 1. The second-order valence-corrected chi connectivity index (χ2v) is 5.02. The maximum atomic E-state index is 13.6. The number of hydrogen-bond acceptors (Lipinski definition) is 2. The van der Waals surface area contributed by atoms with Gasteiger partial charge in [0.15, 0.2) is 17.5 Å². The van der Waals surface area contributed by atoms with Crippen LogP contribution in [0.1, 0.15) is 29.9 Å². The van der Waals surface area contributed by atoms with Gasteiger partial charge in [-0.3, -0.25) is 9.78 Å². The van der Waals surface area contributed by atoms with Crippen LogP contribution in [-0.4, -0.2) is 10.9 Å². The van der Waals surface area contributed by atoms with Crippen molar-refractivity contribution in [1.29, 1.82) is 0 Å². The first-order chi connectivity index (χ1) is 9.83. The summed E-state index contributed by atoms with van der Waals surface area (Å²) in [5, 5.41) is 2.55. The fourth-order valence-corrected chi connectivity index (χ4v) is 1.85. The van der Waals surface area contributed by atoms with Gasteiger partial charge in [0, 0.05) is 6.20 Å². The summed E-state index contributed by atoms with van der Waals surface area (Å²) in [5.41, 5.74) is -0.894. The molecule has 0 saturated carbocycles. The summed E-state index contributed by atoms with van der Waals surface area (Å²) in [5.74, 6) is -5.36. The van der Waals surface area contributed by atoms with E-state index in [9.17, 15) is 18.0 Å². The fourth-order valence-electron chi connectivity index (χ4n) is 1.85. The van der Waals surface area contributed by atoms with Crippen LogP contribution in [-0.2, 0) is 5.54 Å². The van der Waals surface area contributed by atoms with Gasteiger partial charge < -0.3 is 5.32 Å². The van der Waals surface area contributed by atoms with Gasteiger partial charge in [-0.25, -0.2) is 13.2 Å². The van der Waals surface area contributed by atoms with Crippen LogP contribution in [0.5, 0.6) is 0 Å². The summed E-state index contributed by atoms with van der Waals surface area (Å²) < 4.78 is 39.6. The molecule has 0 saturated heterocycles. The van der Waals surface area contributed by atoms with E-state index in [0.29, 0.717) is 11.8 Å². The lowest BCUT2D eigenvalue weighted by molar-refractivity contribution is 0.0905. The number of aromatic nitrogens is 1. The summed E-state index contributed by atoms with van der Waals surface area (Å²) in [6.45, 7) is 3.34. The summed E-state index contributed by atoms with van der Waals surface area (Å²) >= 11 is 0. The highest BCUT2D eigenvalue weighted by molar-refractivity contribution is 5.95. The molecular formula is C15H13F3N2O. The molecule has 0 fully saturated rings. The Kier molecular flexibility index (Phi) is 3.97. The van der Waals surface area contributed by atoms with E-state index in [-0.39, 0.29) is 0 Å². The number of nitrogens with zero attached hydrogens (tertiary/aromatic N) is 1. The maximum absolute atomic E-state index is 13.6. The van der Waals surface area contributed by atoms with E-state index in [1.165, 1.54) is 0 Å². The van der Waals surface area contributed by atoms with E-state index >= 15 is 0 Å². The largest absolute Gasteiger partial charge is 0.341 e. The Morgan fingerprint density at radius 3 is 2.43 bits per heavy atom. The van der Waals surface area contributed by atoms with E-state index in [1.807, 2.05) is 0 Å². The normalized spacial score (nSPS) is 11.3. The molecule has 0 aliphatic heterocycles. The summed E-state index contributed by atoms with van der Waals surface area (Å²) in [6, 6.07) is 6.77. The highest BCUT2D eigenvalue weighted by Gasteiger charge is 2.27. The summed E-state index contributed by atoms with van der Waals surface area (Å²) in [7, 11) is 0. The molecule has 0 aliphatic rings. The predicted octanol–water partition coefficient (Wildman–Crippen LogP) is 3.16.